The average Bonchev–Trinajstić information content (AvgIpc) is 2.62. The van der Waals surface area contributed by atoms with Crippen LogP contribution < -0.4 is 0 Å². The van der Waals surface area contributed by atoms with Gasteiger partial charge in [0.15, 0.2) is 0 Å². The van der Waals surface area contributed by atoms with Crippen LogP contribution in [0.3, 0.4) is 0 Å². The second kappa shape index (κ2) is 7.38. The quantitative estimate of drug-likeness (QED) is 0.867. The normalized spacial score (nSPS) is 15.6. The largest absolute Gasteiger partial charge is 0.336 e. The van der Waals surface area contributed by atoms with Gasteiger partial charge in [0.2, 0.25) is 0 Å². The molecule has 0 unspecified atom stereocenters. The highest BCUT2D eigenvalue weighted by Crippen LogP contribution is 2.10. The number of amides is 1. The second-order valence-corrected chi connectivity index (χ2v) is 5.88. The maximum atomic E-state index is 12.9. The molecule has 3 rings (SSSR count). The third-order valence-electron chi connectivity index (χ3n) is 4.31. The Morgan fingerprint density at radius 1 is 0.913 bits per heavy atom. The Bertz CT molecular complexity index is 634. The number of piperazine rings is 1. The van der Waals surface area contributed by atoms with Gasteiger partial charge in [-0.25, -0.2) is 4.39 Å². The summed E-state index contributed by atoms with van der Waals surface area (Å²) in [4.78, 5) is 16.7. The summed E-state index contributed by atoms with van der Waals surface area (Å²) in [7, 11) is 0. The Labute approximate surface area is 136 Å². The highest BCUT2D eigenvalue weighted by molar-refractivity contribution is 5.94. The fourth-order valence-corrected chi connectivity index (χ4v) is 2.88. The highest BCUT2D eigenvalue weighted by atomic mass is 19.1. The lowest BCUT2D eigenvalue weighted by Crippen LogP contribution is -2.49. The van der Waals surface area contributed by atoms with Gasteiger partial charge in [-0.05, 0) is 36.2 Å². The molecule has 1 heterocycles. The molecule has 0 aliphatic carbocycles. The van der Waals surface area contributed by atoms with Crippen LogP contribution in [0.4, 0.5) is 4.39 Å². The molecule has 0 radical (unpaired) electrons. The number of halogens is 1. The number of carbonyl (C=O) groups excluding carboxylic acids is 1. The van der Waals surface area contributed by atoms with Crippen LogP contribution >= 0.6 is 0 Å². The van der Waals surface area contributed by atoms with E-state index in [0.717, 1.165) is 50.3 Å². The van der Waals surface area contributed by atoms with Gasteiger partial charge in [0.1, 0.15) is 5.82 Å². The summed E-state index contributed by atoms with van der Waals surface area (Å²) in [5, 5.41) is 0. The zero-order chi connectivity index (χ0) is 16.1. The number of hydrogen-bond acceptors (Lipinski definition) is 2. The van der Waals surface area contributed by atoms with Gasteiger partial charge in [-0.3, -0.25) is 9.69 Å². The van der Waals surface area contributed by atoms with Crippen molar-refractivity contribution in [1.82, 2.24) is 9.80 Å². The van der Waals surface area contributed by atoms with Gasteiger partial charge in [-0.15, -0.1) is 0 Å². The van der Waals surface area contributed by atoms with Crippen molar-refractivity contribution in [2.45, 2.75) is 6.42 Å². The Morgan fingerprint density at radius 3 is 2.22 bits per heavy atom. The first-order valence-corrected chi connectivity index (χ1v) is 8.03. The van der Waals surface area contributed by atoms with E-state index in [-0.39, 0.29) is 11.7 Å². The number of nitrogens with zero attached hydrogens (tertiary/aromatic N) is 2. The molecule has 0 atom stereocenters. The van der Waals surface area contributed by atoms with Crippen LogP contribution in [0.1, 0.15) is 15.9 Å². The molecule has 1 fully saturated rings. The maximum absolute atomic E-state index is 12.9. The molecular weight excluding hydrogens is 291 g/mol. The van der Waals surface area contributed by atoms with Crippen LogP contribution in [-0.4, -0.2) is 48.4 Å². The standard InChI is InChI=1S/C19H21FN2O/c20-18-8-6-16(7-9-18)10-11-21-12-14-22(15-13-21)19(23)17-4-2-1-3-5-17/h1-9H,10-15H2. The summed E-state index contributed by atoms with van der Waals surface area (Å²) in [6.45, 7) is 4.24. The van der Waals surface area contributed by atoms with Gasteiger partial charge in [-0.2, -0.15) is 0 Å². The molecule has 1 amide bonds. The van der Waals surface area contributed by atoms with E-state index in [1.54, 1.807) is 0 Å². The third-order valence-corrected chi connectivity index (χ3v) is 4.31. The van der Waals surface area contributed by atoms with Gasteiger partial charge < -0.3 is 4.90 Å². The van der Waals surface area contributed by atoms with E-state index >= 15 is 0 Å². The van der Waals surface area contributed by atoms with E-state index < -0.39 is 0 Å². The predicted molar refractivity (Wildman–Crippen MR) is 88.9 cm³/mol. The number of rotatable bonds is 4. The van der Waals surface area contributed by atoms with E-state index in [9.17, 15) is 9.18 Å². The summed E-state index contributed by atoms with van der Waals surface area (Å²) in [6, 6.07) is 16.1. The second-order valence-electron chi connectivity index (χ2n) is 5.88. The van der Waals surface area contributed by atoms with Crippen LogP contribution in [-0.2, 0) is 6.42 Å². The Hall–Kier alpha value is -2.20. The van der Waals surface area contributed by atoms with Crippen molar-refractivity contribution < 1.29 is 9.18 Å². The molecule has 2 aromatic rings. The molecule has 0 saturated carbocycles. The summed E-state index contributed by atoms with van der Waals surface area (Å²) in [6.07, 6.45) is 0.910. The zero-order valence-electron chi connectivity index (χ0n) is 13.1. The first-order chi connectivity index (χ1) is 11.2. The van der Waals surface area contributed by atoms with Crippen molar-refractivity contribution in [3.05, 3.63) is 71.5 Å². The first kappa shape index (κ1) is 15.7. The average molecular weight is 312 g/mol. The molecule has 3 nitrogen and oxygen atoms in total. The monoisotopic (exact) mass is 312 g/mol. The van der Waals surface area contributed by atoms with E-state index in [2.05, 4.69) is 4.90 Å². The lowest BCUT2D eigenvalue weighted by Gasteiger charge is -2.34. The van der Waals surface area contributed by atoms with E-state index in [4.69, 9.17) is 0 Å². The molecular formula is C19H21FN2O. The summed E-state index contributed by atoms with van der Waals surface area (Å²) in [5.74, 6) is -0.0782. The van der Waals surface area contributed by atoms with Gasteiger partial charge >= 0.3 is 0 Å². The van der Waals surface area contributed by atoms with Crippen molar-refractivity contribution >= 4 is 5.91 Å². The molecule has 120 valence electrons. The minimum Gasteiger partial charge on any atom is -0.336 e. The fourth-order valence-electron chi connectivity index (χ4n) is 2.88. The van der Waals surface area contributed by atoms with Gasteiger partial charge in [0, 0.05) is 38.3 Å². The Morgan fingerprint density at radius 2 is 1.57 bits per heavy atom. The highest BCUT2D eigenvalue weighted by Gasteiger charge is 2.21. The summed E-state index contributed by atoms with van der Waals surface area (Å²) >= 11 is 0. The maximum Gasteiger partial charge on any atom is 0.253 e. The van der Waals surface area contributed by atoms with Crippen LogP contribution in [0.15, 0.2) is 54.6 Å². The lowest BCUT2D eigenvalue weighted by atomic mass is 10.1. The molecule has 4 heteroatoms. The molecule has 0 spiro atoms. The zero-order valence-corrected chi connectivity index (χ0v) is 13.1. The number of hydrogen-bond donors (Lipinski definition) is 0. The van der Waals surface area contributed by atoms with Crippen LogP contribution in [0.5, 0.6) is 0 Å². The molecule has 1 aliphatic heterocycles. The summed E-state index contributed by atoms with van der Waals surface area (Å²) in [5.41, 5.74) is 1.90. The van der Waals surface area contributed by atoms with Crippen LogP contribution in [0.2, 0.25) is 0 Å². The number of benzene rings is 2. The Balaban J connectivity index is 1.47. The van der Waals surface area contributed by atoms with Crippen molar-refractivity contribution in [3.63, 3.8) is 0 Å². The van der Waals surface area contributed by atoms with Crippen LogP contribution in [0, 0.1) is 5.82 Å². The van der Waals surface area contributed by atoms with Crippen molar-refractivity contribution in [3.8, 4) is 0 Å². The SMILES string of the molecule is O=C(c1ccccc1)N1CCN(CCc2ccc(F)cc2)CC1. The molecule has 1 saturated heterocycles. The van der Waals surface area contributed by atoms with E-state index in [1.165, 1.54) is 12.1 Å². The predicted octanol–water partition coefficient (Wildman–Crippen LogP) is 2.83. The molecule has 23 heavy (non-hydrogen) atoms. The third kappa shape index (κ3) is 4.17. The first-order valence-electron chi connectivity index (χ1n) is 8.03. The van der Waals surface area contributed by atoms with Gasteiger partial charge in [-0.1, -0.05) is 30.3 Å². The van der Waals surface area contributed by atoms with Crippen molar-refractivity contribution in [1.29, 1.82) is 0 Å². The minimum absolute atomic E-state index is 0.115. The molecule has 0 aromatic heterocycles. The fraction of sp³-hybridized carbons (Fsp3) is 0.316. The van der Waals surface area contributed by atoms with Gasteiger partial charge in [0.25, 0.3) is 5.91 Å². The van der Waals surface area contributed by atoms with Crippen molar-refractivity contribution in [2.75, 3.05) is 32.7 Å². The smallest absolute Gasteiger partial charge is 0.253 e. The van der Waals surface area contributed by atoms with Crippen LogP contribution in [0.25, 0.3) is 0 Å². The molecule has 1 aliphatic rings. The topological polar surface area (TPSA) is 23.6 Å². The molecule has 0 N–H and O–H groups in total. The van der Waals surface area contributed by atoms with E-state index in [1.807, 2.05) is 47.4 Å². The Kier molecular flexibility index (Phi) is 5.03. The molecule has 0 bridgehead atoms. The van der Waals surface area contributed by atoms with E-state index in [0.29, 0.717) is 0 Å². The number of carbonyl (C=O) groups is 1. The lowest BCUT2D eigenvalue weighted by molar-refractivity contribution is 0.0638. The summed E-state index contributed by atoms with van der Waals surface area (Å²) < 4.78 is 12.9. The van der Waals surface area contributed by atoms with Crippen molar-refractivity contribution in [2.24, 2.45) is 0 Å². The minimum atomic E-state index is -0.193. The molecule has 2 aromatic carbocycles. The van der Waals surface area contributed by atoms with Gasteiger partial charge in [0.05, 0.1) is 0 Å².